The summed E-state index contributed by atoms with van der Waals surface area (Å²) < 4.78 is 13.1. The van der Waals surface area contributed by atoms with Crippen LogP contribution in [0.2, 0.25) is 0 Å². The molecule has 22 heavy (non-hydrogen) atoms. The lowest BCUT2D eigenvalue weighted by Gasteiger charge is -2.40. The highest BCUT2D eigenvalue weighted by atomic mass is 19.1. The second-order valence-electron chi connectivity index (χ2n) is 5.69. The molecule has 1 amide bonds. The number of carbonyl (C=O) groups is 1. The van der Waals surface area contributed by atoms with Crippen molar-refractivity contribution in [2.24, 2.45) is 0 Å². The van der Waals surface area contributed by atoms with E-state index in [1.165, 1.54) is 12.1 Å². The predicted octanol–water partition coefficient (Wildman–Crippen LogP) is 2.95. The summed E-state index contributed by atoms with van der Waals surface area (Å²) in [6, 6.07) is 15.9. The number of hydrogen-bond acceptors (Lipinski definition) is 2. The van der Waals surface area contributed by atoms with Crippen molar-refractivity contribution in [1.82, 2.24) is 9.80 Å². The van der Waals surface area contributed by atoms with Gasteiger partial charge in [-0.3, -0.25) is 4.79 Å². The van der Waals surface area contributed by atoms with Crippen LogP contribution in [0.1, 0.15) is 22.0 Å². The molecular formula is C18H19FN2O. The van der Waals surface area contributed by atoms with E-state index in [-0.39, 0.29) is 17.8 Å². The zero-order valence-corrected chi connectivity index (χ0v) is 12.6. The second-order valence-corrected chi connectivity index (χ2v) is 5.69. The van der Waals surface area contributed by atoms with Gasteiger partial charge in [0.25, 0.3) is 5.91 Å². The Morgan fingerprint density at radius 3 is 2.41 bits per heavy atom. The molecule has 0 spiro atoms. The molecule has 114 valence electrons. The van der Waals surface area contributed by atoms with Crippen LogP contribution in [-0.4, -0.2) is 42.4 Å². The van der Waals surface area contributed by atoms with Gasteiger partial charge in [-0.1, -0.05) is 30.3 Å². The number of carbonyl (C=O) groups excluding carboxylic acids is 1. The molecule has 0 N–H and O–H groups in total. The van der Waals surface area contributed by atoms with E-state index in [1.54, 1.807) is 12.1 Å². The van der Waals surface area contributed by atoms with Crippen molar-refractivity contribution >= 4 is 5.91 Å². The first kappa shape index (κ1) is 14.7. The van der Waals surface area contributed by atoms with E-state index in [1.807, 2.05) is 23.1 Å². The topological polar surface area (TPSA) is 23.6 Å². The summed E-state index contributed by atoms with van der Waals surface area (Å²) in [4.78, 5) is 16.9. The Balaban J connectivity index is 1.89. The standard InChI is InChI=1S/C18H19FN2O/c1-20-11-12-21(17(13-20)14-5-3-2-4-6-14)18(22)15-7-9-16(19)10-8-15/h2-10,17H,11-13H2,1H3. The van der Waals surface area contributed by atoms with Gasteiger partial charge in [0.05, 0.1) is 6.04 Å². The Hall–Kier alpha value is -2.20. The summed E-state index contributed by atoms with van der Waals surface area (Å²) in [7, 11) is 2.07. The van der Waals surface area contributed by atoms with E-state index in [0.717, 1.165) is 18.7 Å². The first-order chi connectivity index (χ1) is 10.6. The molecule has 0 bridgehead atoms. The van der Waals surface area contributed by atoms with Gasteiger partial charge in [0.15, 0.2) is 0 Å². The van der Waals surface area contributed by atoms with Crippen LogP contribution in [0.3, 0.4) is 0 Å². The molecule has 2 aromatic rings. The van der Waals surface area contributed by atoms with Gasteiger partial charge >= 0.3 is 0 Å². The van der Waals surface area contributed by atoms with Gasteiger partial charge in [0.1, 0.15) is 5.82 Å². The van der Waals surface area contributed by atoms with Crippen LogP contribution in [0.25, 0.3) is 0 Å². The van der Waals surface area contributed by atoms with E-state index in [9.17, 15) is 9.18 Å². The lowest BCUT2D eigenvalue weighted by atomic mass is 10.0. The molecule has 0 saturated carbocycles. The Labute approximate surface area is 130 Å². The van der Waals surface area contributed by atoms with Crippen LogP contribution in [0.5, 0.6) is 0 Å². The summed E-state index contributed by atoms with van der Waals surface area (Å²) in [6.45, 7) is 2.32. The average Bonchev–Trinajstić information content (AvgIpc) is 2.56. The minimum absolute atomic E-state index is 0.0255. The van der Waals surface area contributed by atoms with Crippen LogP contribution < -0.4 is 0 Å². The van der Waals surface area contributed by atoms with Crippen molar-refractivity contribution in [2.45, 2.75) is 6.04 Å². The third-order valence-electron chi connectivity index (χ3n) is 4.12. The van der Waals surface area contributed by atoms with Crippen molar-refractivity contribution in [1.29, 1.82) is 0 Å². The van der Waals surface area contributed by atoms with Crippen LogP contribution in [0, 0.1) is 5.82 Å². The zero-order chi connectivity index (χ0) is 15.5. The Morgan fingerprint density at radius 2 is 1.73 bits per heavy atom. The molecule has 1 aliphatic heterocycles. The van der Waals surface area contributed by atoms with Gasteiger partial charge in [0, 0.05) is 25.2 Å². The highest BCUT2D eigenvalue weighted by Gasteiger charge is 2.30. The largest absolute Gasteiger partial charge is 0.329 e. The predicted molar refractivity (Wildman–Crippen MR) is 84.1 cm³/mol. The molecule has 4 heteroatoms. The number of piperazine rings is 1. The third-order valence-corrected chi connectivity index (χ3v) is 4.12. The van der Waals surface area contributed by atoms with Gasteiger partial charge in [-0.2, -0.15) is 0 Å². The normalized spacial score (nSPS) is 19.2. The highest BCUT2D eigenvalue weighted by Crippen LogP contribution is 2.26. The fourth-order valence-electron chi connectivity index (χ4n) is 2.88. The summed E-state index contributed by atoms with van der Waals surface area (Å²) >= 11 is 0. The molecule has 1 atom stereocenters. The fraction of sp³-hybridized carbons (Fsp3) is 0.278. The SMILES string of the molecule is CN1CCN(C(=O)c2ccc(F)cc2)C(c2ccccc2)C1. The van der Waals surface area contributed by atoms with Crippen molar-refractivity contribution in [3.05, 3.63) is 71.5 Å². The molecule has 1 aliphatic rings. The monoisotopic (exact) mass is 298 g/mol. The first-order valence-electron chi connectivity index (χ1n) is 7.45. The zero-order valence-electron chi connectivity index (χ0n) is 12.6. The number of likely N-dealkylation sites (N-methyl/N-ethyl adjacent to an activating group) is 1. The second kappa shape index (κ2) is 6.28. The summed E-state index contributed by atoms with van der Waals surface area (Å²) in [5, 5.41) is 0. The van der Waals surface area contributed by atoms with E-state index >= 15 is 0 Å². The lowest BCUT2D eigenvalue weighted by molar-refractivity contribution is 0.0498. The van der Waals surface area contributed by atoms with Gasteiger partial charge in [-0.15, -0.1) is 0 Å². The number of benzene rings is 2. The van der Waals surface area contributed by atoms with E-state index in [2.05, 4.69) is 24.1 Å². The van der Waals surface area contributed by atoms with Gasteiger partial charge in [-0.25, -0.2) is 4.39 Å². The van der Waals surface area contributed by atoms with E-state index < -0.39 is 0 Å². The van der Waals surface area contributed by atoms with Crippen LogP contribution in [-0.2, 0) is 0 Å². The highest BCUT2D eigenvalue weighted by molar-refractivity contribution is 5.94. The van der Waals surface area contributed by atoms with Crippen molar-refractivity contribution in [3.8, 4) is 0 Å². The molecule has 0 aliphatic carbocycles. The Morgan fingerprint density at radius 1 is 1.05 bits per heavy atom. The lowest BCUT2D eigenvalue weighted by Crippen LogP contribution is -2.49. The van der Waals surface area contributed by atoms with Crippen molar-refractivity contribution in [2.75, 3.05) is 26.7 Å². The first-order valence-corrected chi connectivity index (χ1v) is 7.45. The Bertz CT molecular complexity index is 642. The quantitative estimate of drug-likeness (QED) is 0.851. The molecular weight excluding hydrogens is 279 g/mol. The van der Waals surface area contributed by atoms with Crippen LogP contribution in [0.15, 0.2) is 54.6 Å². The average molecular weight is 298 g/mol. The minimum atomic E-state index is -0.325. The summed E-state index contributed by atoms with van der Waals surface area (Å²) in [5.41, 5.74) is 1.66. The molecule has 2 aromatic carbocycles. The molecule has 3 rings (SSSR count). The molecule has 1 fully saturated rings. The summed E-state index contributed by atoms with van der Waals surface area (Å²) in [5.74, 6) is -0.364. The van der Waals surface area contributed by atoms with Crippen LogP contribution >= 0.6 is 0 Å². The third kappa shape index (κ3) is 3.02. The Kier molecular flexibility index (Phi) is 4.20. The fourth-order valence-corrected chi connectivity index (χ4v) is 2.88. The van der Waals surface area contributed by atoms with Crippen molar-refractivity contribution in [3.63, 3.8) is 0 Å². The maximum absolute atomic E-state index is 13.1. The molecule has 1 saturated heterocycles. The number of hydrogen-bond donors (Lipinski definition) is 0. The number of rotatable bonds is 2. The van der Waals surface area contributed by atoms with Gasteiger partial charge < -0.3 is 9.80 Å². The molecule has 3 nitrogen and oxygen atoms in total. The molecule has 1 unspecified atom stereocenters. The molecule has 0 aromatic heterocycles. The number of nitrogens with zero attached hydrogens (tertiary/aromatic N) is 2. The van der Waals surface area contributed by atoms with E-state index in [0.29, 0.717) is 12.1 Å². The maximum atomic E-state index is 13.1. The van der Waals surface area contributed by atoms with Gasteiger partial charge in [-0.05, 0) is 36.9 Å². The smallest absolute Gasteiger partial charge is 0.254 e. The van der Waals surface area contributed by atoms with Gasteiger partial charge in [0.2, 0.25) is 0 Å². The number of amides is 1. The maximum Gasteiger partial charge on any atom is 0.254 e. The van der Waals surface area contributed by atoms with Crippen LogP contribution in [0.4, 0.5) is 4.39 Å². The van der Waals surface area contributed by atoms with E-state index in [4.69, 9.17) is 0 Å². The molecule has 0 radical (unpaired) electrons. The van der Waals surface area contributed by atoms with Crippen molar-refractivity contribution < 1.29 is 9.18 Å². The molecule has 1 heterocycles. The minimum Gasteiger partial charge on any atom is -0.329 e. The summed E-state index contributed by atoms with van der Waals surface area (Å²) in [6.07, 6.45) is 0. The number of halogens is 1.